The van der Waals surface area contributed by atoms with E-state index in [0.717, 1.165) is 14.2 Å². The second-order valence-electron chi connectivity index (χ2n) is 4.32. The first-order valence-corrected chi connectivity index (χ1v) is 5.86. The van der Waals surface area contributed by atoms with Crippen molar-refractivity contribution in [1.82, 2.24) is 4.90 Å². The molecule has 0 aromatic heterocycles. The molecule has 1 aromatic rings. The van der Waals surface area contributed by atoms with Gasteiger partial charge >= 0.3 is 18.1 Å². The van der Waals surface area contributed by atoms with Gasteiger partial charge in [-0.05, 0) is 17.7 Å². The maximum absolute atomic E-state index is 12.4. The number of methoxy groups -OCH3 is 1. The smallest absolute Gasteiger partial charge is 0.471 e. The molecule has 1 aromatic carbocycles. The van der Waals surface area contributed by atoms with E-state index < -0.39 is 24.1 Å². The van der Waals surface area contributed by atoms with Crippen LogP contribution in [-0.4, -0.2) is 48.3 Å². The van der Waals surface area contributed by atoms with E-state index in [0.29, 0.717) is 10.5 Å². The molecule has 1 N–H and O–H groups in total. The SMILES string of the molecule is COC(=O)[C@H](Cc1ccc(O)cc1)N(C)C(=O)C(F)(F)F. The number of ether oxygens (including phenoxy) is 1. The maximum atomic E-state index is 12.4. The van der Waals surface area contributed by atoms with Crippen molar-refractivity contribution in [1.29, 1.82) is 0 Å². The van der Waals surface area contributed by atoms with E-state index in [-0.39, 0.29) is 12.2 Å². The second-order valence-corrected chi connectivity index (χ2v) is 4.32. The summed E-state index contributed by atoms with van der Waals surface area (Å²) in [6.45, 7) is 0. The summed E-state index contributed by atoms with van der Waals surface area (Å²) < 4.78 is 41.8. The van der Waals surface area contributed by atoms with Crippen molar-refractivity contribution in [2.75, 3.05) is 14.2 Å². The highest BCUT2D eigenvalue weighted by atomic mass is 19.4. The van der Waals surface area contributed by atoms with Crippen LogP contribution in [0.15, 0.2) is 24.3 Å². The standard InChI is InChI=1S/C13H14F3NO4/c1-17(12(20)13(14,15)16)10(11(19)21-2)7-8-3-5-9(18)6-4-8/h3-6,10,18H,7H2,1-2H3/t10-/m0/s1. The maximum Gasteiger partial charge on any atom is 0.471 e. The molecule has 0 unspecified atom stereocenters. The molecule has 116 valence electrons. The number of aromatic hydroxyl groups is 1. The fourth-order valence-corrected chi connectivity index (χ4v) is 1.71. The van der Waals surface area contributed by atoms with Gasteiger partial charge in [-0.25, -0.2) is 4.79 Å². The van der Waals surface area contributed by atoms with Gasteiger partial charge in [-0.1, -0.05) is 12.1 Å². The first kappa shape index (κ1) is 16.8. The fraction of sp³-hybridized carbons (Fsp3) is 0.385. The average Bonchev–Trinajstić information content (AvgIpc) is 2.43. The number of likely N-dealkylation sites (N-methyl/N-ethyl adjacent to an activating group) is 1. The van der Waals surface area contributed by atoms with Gasteiger partial charge in [-0.2, -0.15) is 13.2 Å². The molecular formula is C13H14F3NO4. The predicted molar refractivity (Wildman–Crippen MR) is 66.4 cm³/mol. The summed E-state index contributed by atoms with van der Waals surface area (Å²) in [6.07, 6.45) is -5.23. The topological polar surface area (TPSA) is 66.8 Å². The Hall–Kier alpha value is -2.25. The number of phenolic OH excluding ortho intramolecular Hbond substituents is 1. The third kappa shape index (κ3) is 4.37. The molecule has 0 fully saturated rings. The second kappa shape index (κ2) is 6.47. The number of esters is 1. The molecule has 0 heterocycles. The van der Waals surface area contributed by atoms with E-state index in [9.17, 15) is 22.8 Å². The van der Waals surface area contributed by atoms with Gasteiger partial charge in [0.2, 0.25) is 0 Å². The van der Waals surface area contributed by atoms with Crippen molar-refractivity contribution in [3.8, 4) is 5.75 Å². The third-order valence-electron chi connectivity index (χ3n) is 2.87. The zero-order chi connectivity index (χ0) is 16.2. The Morgan fingerprint density at radius 2 is 1.81 bits per heavy atom. The highest BCUT2D eigenvalue weighted by molar-refractivity contribution is 5.87. The Labute approximate surface area is 118 Å². The van der Waals surface area contributed by atoms with Gasteiger partial charge in [0.1, 0.15) is 11.8 Å². The van der Waals surface area contributed by atoms with Gasteiger partial charge in [0.15, 0.2) is 0 Å². The lowest BCUT2D eigenvalue weighted by molar-refractivity contribution is -0.188. The summed E-state index contributed by atoms with van der Waals surface area (Å²) in [5.41, 5.74) is 0.477. The molecule has 0 saturated carbocycles. The van der Waals surface area contributed by atoms with Gasteiger partial charge in [0.25, 0.3) is 0 Å². The Bertz CT molecular complexity index is 513. The zero-order valence-corrected chi connectivity index (χ0v) is 11.3. The first-order valence-electron chi connectivity index (χ1n) is 5.86. The van der Waals surface area contributed by atoms with Crippen LogP contribution < -0.4 is 0 Å². The van der Waals surface area contributed by atoms with Gasteiger partial charge in [-0.3, -0.25) is 4.79 Å². The molecule has 0 radical (unpaired) electrons. The lowest BCUT2D eigenvalue weighted by atomic mass is 10.0. The van der Waals surface area contributed by atoms with Crippen molar-refractivity contribution in [3.05, 3.63) is 29.8 Å². The van der Waals surface area contributed by atoms with Crippen LogP contribution in [-0.2, 0) is 20.7 Å². The first-order chi connectivity index (χ1) is 9.66. The normalized spacial score (nSPS) is 12.6. The summed E-state index contributed by atoms with van der Waals surface area (Å²) >= 11 is 0. The molecule has 0 aliphatic rings. The van der Waals surface area contributed by atoms with E-state index in [4.69, 9.17) is 5.11 Å². The molecular weight excluding hydrogens is 291 g/mol. The molecule has 0 spiro atoms. The van der Waals surface area contributed by atoms with Gasteiger partial charge in [-0.15, -0.1) is 0 Å². The summed E-state index contributed by atoms with van der Waals surface area (Å²) in [4.78, 5) is 23.2. The Morgan fingerprint density at radius 1 is 1.29 bits per heavy atom. The predicted octanol–water partition coefficient (Wildman–Crippen LogP) is 1.50. The van der Waals surface area contributed by atoms with E-state index in [1.165, 1.54) is 24.3 Å². The van der Waals surface area contributed by atoms with Crippen LogP contribution >= 0.6 is 0 Å². The largest absolute Gasteiger partial charge is 0.508 e. The number of benzene rings is 1. The van der Waals surface area contributed by atoms with Crippen molar-refractivity contribution in [3.63, 3.8) is 0 Å². The minimum absolute atomic E-state index is 0.0203. The summed E-state index contributed by atoms with van der Waals surface area (Å²) in [5.74, 6) is -3.10. The van der Waals surface area contributed by atoms with Crippen molar-refractivity contribution < 1.29 is 32.6 Å². The number of phenols is 1. The summed E-state index contributed by atoms with van der Waals surface area (Å²) in [5, 5.41) is 9.15. The highest BCUT2D eigenvalue weighted by Crippen LogP contribution is 2.21. The number of carbonyl (C=O) groups is 2. The van der Waals surface area contributed by atoms with Crippen LogP contribution in [0.4, 0.5) is 13.2 Å². The zero-order valence-electron chi connectivity index (χ0n) is 11.3. The lowest BCUT2D eigenvalue weighted by Gasteiger charge is -2.26. The van der Waals surface area contributed by atoms with Crippen LogP contribution in [0.25, 0.3) is 0 Å². The van der Waals surface area contributed by atoms with E-state index in [1.54, 1.807) is 0 Å². The van der Waals surface area contributed by atoms with E-state index >= 15 is 0 Å². The van der Waals surface area contributed by atoms with Gasteiger partial charge in [0.05, 0.1) is 7.11 Å². The summed E-state index contributed by atoms with van der Waals surface area (Å²) in [6, 6.07) is 4.13. The minimum Gasteiger partial charge on any atom is -0.508 e. The highest BCUT2D eigenvalue weighted by Gasteiger charge is 2.44. The van der Waals surface area contributed by atoms with Crippen molar-refractivity contribution >= 4 is 11.9 Å². The van der Waals surface area contributed by atoms with Gasteiger partial charge in [0, 0.05) is 13.5 Å². The number of carbonyl (C=O) groups excluding carboxylic acids is 2. The Morgan fingerprint density at radius 3 is 2.24 bits per heavy atom. The van der Waals surface area contributed by atoms with Crippen LogP contribution in [0.1, 0.15) is 5.56 Å². The molecule has 0 aliphatic heterocycles. The van der Waals surface area contributed by atoms with Crippen molar-refractivity contribution in [2.45, 2.75) is 18.6 Å². The number of hydrogen-bond acceptors (Lipinski definition) is 4. The molecule has 5 nitrogen and oxygen atoms in total. The molecule has 0 saturated heterocycles. The van der Waals surface area contributed by atoms with Crippen molar-refractivity contribution in [2.24, 2.45) is 0 Å². The Balaban J connectivity index is 2.98. The molecule has 8 heteroatoms. The lowest BCUT2D eigenvalue weighted by Crippen LogP contribution is -2.49. The monoisotopic (exact) mass is 305 g/mol. The van der Waals surface area contributed by atoms with E-state index in [1.807, 2.05) is 0 Å². The van der Waals surface area contributed by atoms with Gasteiger partial charge < -0.3 is 14.7 Å². The molecule has 21 heavy (non-hydrogen) atoms. The third-order valence-corrected chi connectivity index (χ3v) is 2.87. The number of alkyl halides is 3. The minimum atomic E-state index is -5.07. The van der Waals surface area contributed by atoms with Crippen LogP contribution in [0, 0.1) is 0 Å². The molecule has 0 aliphatic carbocycles. The van der Waals surface area contributed by atoms with E-state index in [2.05, 4.69) is 4.74 Å². The van der Waals surface area contributed by atoms with Crippen LogP contribution in [0.2, 0.25) is 0 Å². The molecule has 1 amide bonds. The average molecular weight is 305 g/mol. The number of amides is 1. The number of hydrogen-bond donors (Lipinski definition) is 1. The van der Waals surface area contributed by atoms with Crippen LogP contribution in [0.5, 0.6) is 5.75 Å². The molecule has 1 atom stereocenters. The summed E-state index contributed by atoms with van der Waals surface area (Å²) in [7, 11) is 1.91. The number of rotatable bonds is 4. The molecule has 1 rings (SSSR count). The van der Waals surface area contributed by atoms with Crippen LogP contribution in [0.3, 0.4) is 0 Å². The fourth-order valence-electron chi connectivity index (χ4n) is 1.71. The Kier molecular flexibility index (Phi) is 5.17. The molecule has 0 bridgehead atoms. The number of halogens is 3. The quantitative estimate of drug-likeness (QED) is 0.856. The number of nitrogens with zero attached hydrogens (tertiary/aromatic N) is 1.